The topological polar surface area (TPSA) is 57.2 Å². The van der Waals surface area contributed by atoms with Gasteiger partial charge in [-0.3, -0.25) is 0 Å². The van der Waals surface area contributed by atoms with Gasteiger partial charge in [0.25, 0.3) is 0 Å². The molecule has 0 saturated heterocycles. The third-order valence-electron chi connectivity index (χ3n) is 4.50. The fraction of sp³-hybridized carbons (Fsp3) is 0.500. The molecule has 0 bridgehead atoms. The first-order chi connectivity index (χ1) is 11.5. The molecule has 2 aromatic rings. The van der Waals surface area contributed by atoms with Gasteiger partial charge in [-0.05, 0) is 41.3 Å². The standard InChI is InChI=1S/C20H28O3S.K/c1-2-3-4-5-6-7-8-9-14-19-15-17-12-10-11-13-18(17)16-20(19)24(21,22)23;/h10-13,15-16H,2-9,14H2,1H3,(H,21,22,23);/q;+1/p-1. The van der Waals surface area contributed by atoms with Crippen molar-refractivity contribution in [2.45, 2.75) is 69.6 Å². The molecule has 0 N–H and O–H groups in total. The maximum atomic E-state index is 11.6. The molecule has 0 fully saturated rings. The van der Waals surface area contributed by atoms with Gasteiger partial charge in [-0.2, -0.15) is 0 Å². The van der Waals surface area contributed by atoms with Crippen molar-refractivity contribution in [2.75, 3.05) is 0 Å². The van der Waals surface area contributed by atoms with Crippen LogP contribution in [0.4, 0.5) is 0 Å². The van der Waals surface area contributed by atoms with Gasteiger partial charge in [0, 0.05) is 0 Å². The molecule has 5 heteroatoms. The molecule has 0 saturated carbocycles. The van der Waals surface area contributed by atoms with E-state index < -0.39 is 10.1 Å². The van der Waals surface area contributed by atoms with Crippen molar-refractivity contribution in [1.29, 1.82) is 0 Å². The van der Waals surface area contributed by atoms with E-state index in [0.717, 1.165) is 23.6 Å². The van der Waals surface area contributed by atoms with E-state index in [1.807, 2.05) is 30.3 Å². The number of unbranched alkanes of at least 4 members (excludes halogenated alkanes) is 7. The van der Waals surface area contributed by atoms with E-state index in [1.165, 1.54) is 44.6 Å². The Morgan fingerprint density at radius 2 is 1.36 bits per heavy atom. The number of hydrogen-bond acceptors (Lipinski definition) is 3. The second-order valence-electron chi connectivity index (χ2n) is 6.49. The summed E-state index contributed by atoms with van der Waals surface area (Å²) in [6.07, 6.45) is 10.2. The molecule has 0 radical (unpaired) electrons. The minimum absolute atomic E-state index is 0. The van der Waals surface area contributed by atoms with E-state index in [1.54, 1.807) is 0 Å². The van der Waals surface area contributed by atoms with Crippen LogP contribution in [0.5, 0.6) is 0 Å². The largest absolute Gasteiger partial charge is 1.00 e. The van der Waals surface area contributed by atoms with Crippen molar-refractivity contribution in [3.63, 3.8) is 0 Å². The molecule has 0 spiro atoms. The fourth-order valence-electron chi connectivity index (χ4n) is 3.14. The summed E-state index contributed by atoms with van der Waals surface area (Å²) in [6.45, 7) is 2.21. The molecule has 0 aliphatic carbocycles. The van der Waals surface area contributed by atoms with E-state index in [2.05, 4.69) is 6.92 Å². The van der Waals surface area contributed by atoms with E-state index in [-0.39, 0.29) is 56.3 Å². The van der Waals surface area contributed by atoms with Crippen LogP contribution in [0.3, 0.4) is 0 Å². The smallest absolute Gasteiger partial charge is 0.744 e. The molecule has 0 aliphatic rings. The first kappa shape index (κ1) is 23.3. The average molecular weight is 387 g/mol. The molecule has 2 rings (SSSR count). The maximum Gasteiger partial charge on any atom is 1.00 e. The summed E-state index contributed by atoms with van der Waals surface area (Å²) in [6, 6.07) is 11.0. The van der Waals surface area contributed by atoms with Crippen molar-refractivity contribution in [3.8, 4) is 0 Å². The Hall–Kier alpha value is 0.246. The minimum Gasteiger partial charge on any atom is -0.744 e. The zero-order valence-electron chi connectivity index (χ0n) is 15.5. The van der Waals surface area contributed by atoms with E-state index in [4.69, 9.17) is 0 Å². The van der Waals surface area contributed by atoms with Gasteiger partial charge in [-0.25, -0.2) is 8.42 Å². The number of hydrogen-bond donors (Lipinski definition) is 0. The molecule has 0 aliphatic heterocycles. The molecular formula is C20H27KO3S. The van der Waals surface area contributed by atoms with Crippen LogP contribution in [-0.4, -0.2) is 13.0 Å². The molecule has 0 aromatic heterocycles. The zero-order chi connectivity index (χ0) is 17.4. The Kier molecular flexibility index (Phi) is 11.0. The van der Waals surface area contributed by atoms with Gasteiger partial charge in [-0.1, -0.05) is 76.1 Å². The average Bonchev–Trinajstić information content (AvgIpc) is 2.55. The van der Waals surface area contributed by atoms with Gasteiger partial charge in [0.2, 0.25) is 0 Å². The SMILES string of the molecule is CCCCCCCCCCc1cc2ccccc2cc1S(=O)(=O)[O-].[K+]. The number of rotatable bonds is 10. The van der Waals surface area contributed by atoms with E-state index >= 15 is 0 Å². The summed E-state index contributed by atoms with van der Waals surface area (Å²) < 4.78 is 34.7. The second kappa shape index (κ2) is 11.9. The predicted molar refractivity (Wildman–Crippen MR) is 98.2 cm³/mol. The monoisotopic (exact) mass is 386 g/mol. The van der Waals surface area contributed by atoms with Gasteiger partial charge in [0.15, 0.2) is 0 Å². The fourth-order valence-corrected chi connectivity index (χ4v) is 3.90. The molecule has 0 atom stereocenters. The summed E-state index contributed by atoms with van der Waals surface area (Å²) in [4.78, 5) is -0.0517. The van der Waals surface area contributed by atoms with Crippen molar-refractivity contribution in [3.05, 3.63) is 42.0 Å². The zero-order valence-corrected chi connectivity index (χ0v) is 19.4. The Labute approximate surface area is 194 Å². The van der Waals surface area contributed by atoms with Gasteiger partial charge in [-0.15, -0.1) is 0 Å². The van der Waals surface area contributed by atoms with Crippen molar-refractivity contribution < 1.29 is 64.4 Å². The van der Waals surface area contributed by atoms with Crippen LogP contribution >= 0.6 is 0 Å². The summed E-state index contributed by atoms with van der Waals surface area (Å²) in [5, 5.41) is 1.78. The van der Waals surface area contributed by atoms with Crippen molar-refractivity contribution in [1.82, 2.24) is 0 Å². The first-order valence-corrected chi connectivity index (χ1v) is 10.4. The molecule has 0 amide bonds. The Bertz CT molecular complexity index is 757. The quantitative estimate of drug-likeness (QED) is 0.358. The normalized spacial score (nSPS) is 11.4. The van der Waals surface area contributed by atoms with Crippen LogP contribution in [0.1, 0.15) is 63.9 Å². The van der Waals surface area contributed by atoms with Crippen LogP contribution in [0.15, 0.2) is 41.3 Å². The van der Waals surface area contributed by atoms with Crippen LogP contribution in [-0.2, 0) is 16.5 Å². The van der Waals surface area contributed by atoms with Crippen LogP contribution < -0.4 is 51.4 Å². The number of benzene rings is 2. The van der Waals surface area contributed by atoms with Gasteiger partial charge in [0.1, 0.15) is 10.1 Å². The van der Waals surface area contributed by atoms with Gasteiger partial charge in [0.05, 0.1) is 4.90 Å². The van der Waals surface area contributed by atoms with Crippen LogP contribution in [0.2, 0.25) is 0 Å². The second-order valence-corrected chi connectivity index (χ2v) is 7.83. The van der Waals surface area contributed by atoms with Crippen LogP contribution in [0, 0.1) is 0 Å². The van der Waals surface area contributed by atoms with Crippen molar-refractivity contribution in [2.24, 2.45) is 0 Å². The van der Waals surface area contributed by atoms with E-state index in [0.29, 0.717) is 12.0 Å². The summed E-state index contributed by atoms with van der Waals surface area (Å²) in [5.74, 6) is 0. The van der Waals surface area contributed by atoms with Gasteiger partial charge < -0.3 is 4.55 Å². The third kappa shape index (κ3) is 7.79. The molecule has 3 nitrogen and oxygen atoms in total. The first-order valence-electron chi connectivity index (χ1n) is 9.00. The predicted octanol–water partition coefficient (Wildman–Crippen LogP) is 2.43. The molecule has 0 unspecified atom stereocenters. The molecule has 25 heavy (non-hydrogen) atoms. The Balaban J connectivity index is 0.00000312. The third-order valence-corrected chi connectivity index (χ3v) is 5.42. The number of fused-ring (bicyclic) bond motifs is 1. The summed E-state index contributed by atoms with van der Waals surface area (Å²) in [7, 11) is -4.43. The molecule has 0 heterocycles. The molecule has 2 aromatic carbocycles. The molecular weight excluding hydrogens is 359 g/mol. The summed E-state index contributed by atoms with van der Waals surface area (Å²) in [5.41, 5.74) is 0.662. The Morgan fingerprint density at radius 3 is 1.92 bits per heavy atom. The van der Waals surface area contributed by atoms with E-state index in [9.17, 15) is 13.0 Å². The Morgan fingerprint density at radius 1 is 0.840 bits per heavy atom. The number of aryl methyl sites for hydroxylation is 1. The van der Waals surface area contributed by atoms with Crippen LogP contribution in [0.25, 0.3) is 10.8 Å². The molecule has 132 valence electrons. The minimum atomic E-state index is -4.43. The van der Waals surface area contributed by atoms with Crippen molar-refractivity contribution >= 4 is 20.9 Å². The van der Waals surface area contributed by atoms with Gasteiger partial charge >= 0.3 is 51.4 Å². The summed E-state index contributed by atoms with van der Waals surface area (Å²) >= 11 is 0. The maximum absolute atomic E-state index is 11.6.